The summed E-state index contributed by atoms with van der Waals surface area (Å²) in [7, 11) is -4.26. The summed E-state index contributed by atoms with van der Waals surface area (Å²) in [5.41, 5.74) is 2.50. The van der Waals surface area contributed by atoms with E-state index in [4.69, 9.17) is 0 Å². The normalized spacial score (nSPS) is 12.0. The van der Waals surface area contributed by atoms with Gasteiger partial charge in [-0.3, -0.25) is 4.55 Å². The van der Waals surface area contributed by atoms with Gasteiger partial charge in [-0.2, -0.15) is 8.42 Å². The summed E-state index contributed by atoms with van der Waals surface area (Å²) in [5, 5.41) is 1.67. The Morgan fingerprint density at radius 3 is 1.10 bits per heavy atom. The number of rotatable bonds is 35. The third kappa shape index (κ3) is 21.9. The highest BCUT2D eigenvalue weighted by atomic mass is 32.2. The molecule has 4 heteroatoms. The molecular formula is C46H80O3S. The van der Waals surface area contributed by atoms with Gasteiger partial charge < -0.3 is 0 Å². The highest BCUT2D eigenvalue weighted by Crippen LogP contribution is 2.29. The van der Waals surface area contributed by atoms with E-state index in [1.165, 1.54) is 210 Å². The van der Waals surface area contributed by atoms with Gasteiger partial charge in [0.25, 0.3) is 10.1 Å². The third-order valence-corrected chi connectivity index (χ3v) is 11.9. The number of aryl methyl sites for hydroxylation is 2. The average Bonchev–Trinajstić information content (AvgIpc) is 3.10. The third-order valence-electron chi connectivity index (χ3n) is 11.0. The molecular weight excluding hydrogens is 633 g/mol. The molecule has 0 unspecified atom stereocenters. The maximum absolute atomic E-state index is 12.2. The lowest BCUT2D eigenvalue weighted by molar-refractivity contribution is 0.484. The molecule has 0 aliphatic rings. The fraction of sp³-hybridized carbons (Fsp3) is 0.783. The van der Waals surface area contributed by atoms with Gasteiger partial charge in [0.2, 0.25) is 0 Å². The van der Waals surface area contributed by atoms with E-state index in [1.54, 1.807) is 6.07 Å². The van der Waals surface area contributed by atoms with Gasteiger partial charge in [-0.05, 0) is 48.3 Å². The molecule has 2 aromatic rings. The molecule has 0 radical (unpaired) electrons. The van der Waals surface area contributed by atoms with E-state index in [1.807, 2.05) is 12.1 Å². The Bertz CT molecular complexity index is 1190. The molecule has 0 fully saturated rings. The van der Waals surface area contributed by atoms with Gasteiger partial charge in [0.1, 0.15) is 4.90 Å². The van der Waals surface area contributed by atoms with Gasteiger partial charge in [0.15, 0.2) is 0 Å². The maximum atomic E-state index is 12.2. The summed E-state index contributed by atoms with van der Waals surface area (Å²) < 4.78 is 34.2. The van der Waals surface area contributed by atoms with E-state index in [9.17, 15) is 13.0 Å². The zero-order valence-electron chi connectivity index (χ0n) is 33.1. The topological polar surface area (TPSA) is 54.4 Å². The Labute approximate surface area is 311 Å². The lowest BCUT2D eigenvalue weighted by atomic mass is 9.95. The molecule has 0 aromatic heterocycles. The number of benzene rings is 2. The van der Waals surface area contributed by atoms with Crippen LogP contribution in [0.1, 0.15) is 230 Å². The fourth-order valence-corrected chi connectivity index (χ4v) is 8.46. The summed E-state index contributed by atoms with van der Waals surface area (Å²) in [6.45, 7) is 4.57. The molecule has 288 valence electrons. The lowest BCUT2D eigenvalue weighted by Crippen LogP contribution is -2.01. The summed E-state index contributed by atoms with van der Waals surface area (Å²) in [4.78, 5) is 0.0391. The minimum absolute atomic E-state index is 0.0391. The van der Waals surface area contributed by atoms with E-state index >= 15 is 0 Å². The van der Waals surface area contributed by atoms with Crippen molar-refractivity contribution in [3.8, 4) is 0 Å². The van der Waals surface area contributed by atoms with Crippen molar-refractivity contribution in [1.82, 2.24) is 0 Å². The van der Waals surface area contributed by atoms with Crippen LogP contribution >= 0.6 is 0 Å². The summed E-state index contributed by atoms with van der Waals surface area (Å²) >= 11 is 0. The molecule has 0 heterocycles. The molecule has 0 amide bonds. The molecule has 0 spiro atoms. The van der Waals surface area contributed by atoms with Crippen LogP contribution in [0, 0.1) is 0 Å². The van der Waals surface area contributed by atoms with Crippen LogP contribution in [-0.4, -0.2) is 13.0 Å². The number of hydrogen-bond donors (Lipinski definition) is 1. The quantitative estimate of drug-likeness (QED) is 0.0572. The van der Waals surface area contributed by atoms with Gasteiger partial charge in [0, 0.05) is 5.39 Å². The molecule has 2 rings (SSSR count). The molecule has 0 bridgehead atoms. The van der Waals surface area contributed by atoms with E-state index in [2.05, 4.69) is 26.0 Å². The van der Waals surface area contributed by atoms with Crippen LogP contribution in [-0.2, 0) is 23.0 Å². The summed E-state index contributed by atoms with van der Waals surface area (Å²) in [6.07, 6.45) is 45.8. The first-order valence-electron chi connectivity index (χ1n) is 22.0. The second-order valence-electron chi connectivity index (χ2n) is 15.7. The Kier molecular flexibility index (Phi) is 27.0. The van der Waals surface area contributed by atoms with Gasteiger partial charge in [-0.25, -0.2) is 0 Å². The van der Waals surface area contributed by atoms with Crippen LogP contribution in [0.5, 0.6) is 0 Å². The first-order chi connectivity index (χ1) is 24.5. The molecule has 0 atom stereocenters. The first kappa shape index (κ1) is 44.8. The van der Waals surface area contributed by atoms with E-state index in [-0.39, 0.29) is 4.90 Å². The van der Waals surface area contributed by atoms with Crippen LogP contribution in [0.3, 0.4) is 0 Å². The van der Waals surface area contributed by atoms with E-state index in [0.29, 0.717) is 5.39 Å². The summed E-state index contributed by atoms with van der Waals surface area (Å²) in [6, 6.07) is 9.75. The minimum Gasteiger partial charge on any atom is -0.282 e. The van der Waals surface area contributed by atoms with Gasteiger partial charge >= 0.3 is 0 Å². The predicted octanol–water partition coefficient (Wildman–Crippen LogP) is 15.7. The van der Waals surface area contributed by atoms with Crippen molar-refractivity contribution < 1.29 is 13.0 Å². The second-order valence-corrected chi connectivity index (χ2v) is 17.1. The Balaban J connectivity index is 1.61. The van der Waals surface area contributed by atoms with Crippen molar-refractivity contribution in [2.75, 3.05) is 0 Å². The Hall–Kier alpha value is -1.39. The zero-order chi connectivity index (χ0) is 36.0. The highest BCUT2D eigenvalue weighted by Gasteiger charge is 2.16. The predicted molar refractivity (Wildman–Crippen MR) is 220 cm³/mol. The summed E-state index contributed by atoms with van der Waals surface area (Å²) in [5.74, 6) is 0. The monoisotopic (exact) mass is 713 g/mol. The van der Waals surface area contributed by atoms with Gasteiger partial charge in [0.05, 0.1) is 0 Å². The molecule has 0 aliphatic heterocycles. The second kappa shape index (κ2) is 30.1. The molecule has 0 saturated carbocycles. The van der Waals surface area contributed by atoms with Crippen LogP contribution in [0.15, 0.2) is 35.2 Å². The number of hydrogen-bond acceptors (Lipinski definition) is 2. The van der Waals surface area contributed by atoms with Crippen LogP contribution in [0.2, 0.25) is 0 Å². The largest absolute Gasteiger partial charge is 0.295 e. The minimum atomic E-state index is -4.26. The standard InChI is InChI=1S/C46H80O3S/c1-3-5-7-9-11-13-15-17-19-21-23-25-27-29-31-33-35-42-37-39-44-45(41-42)43(38-40-46(44)50(47,48)49)36-34-32-30-28-26-24-22-20-18-16-14-12-10-8-6-4-2/h37-41H,3-36H2,1-2H3,(H,47,48,49). The van der Waals surface area contributed by atoms with Crippen molar-refractivity contribution in [3.63, 3.8) is 0 Å². The highest BCUT2D eigenvalue weighted by molar-refractivity contribution is 7.86. The Morgan fingerprint density at radius 2 is 0.740 bits per heavy atom. The van der Waals surface area contributed by atoms with E-state index < -0.39 is 10.1 Å². The molecule has 1 N–H and O–H groups in total. The maximum Gasteiger partial charge on any atom is 0.295 e. The van der Waals surface area contributed by atoms with Gasteiger partial charge in [-0.1, -0.05) is 231 Å². The smallest absolute Gasteiger partial charge is 0.282 e. The van der Waals surface area contributed by atoms with Crippen molar-refractivity contribution in [2.45, 2.75) is 237 Å². The van der Waals surface area contributed by atoms with Gasteiger partial charge in [-0.15, -0.1) is 0 Å². The number of fused-ring (bicyclic) bond motifs is 1. The Morgan fingerprint density at radius 1 is 0.400 bits per heavy atom. The van der Waals surface area contributed by atoms with Crippen molar-refractivity contribution in [2.24, 2.45) is 0 Å². The first-order valence-corrected chi connectivity index (χ1v) is 23.4. The molecule has 0 aliphatic carbocycles. The molecule has 0 saturated heterocycles. The number of unbranched alkanes of at least 4 members (excludes halogenated alkanes) is 30. The van der Waals surface area contributed by atoms with Crippen LogP contribution in [0.4, 0.5) is 0 Å². The van der Waals surface area contributed by atoms with Crippen molar-refractivity contribution in [3.05, 3.63) is 41.5 Å². The van der Waals surface area contributed by atoms with Crippen LogP contribution < -0.4 is 0 Å². The van der Waals surface area contributed by atoms with E-state index in [0.717, 1.165) is 24.6 Å². The van der Waals surface area contributed by atoms with Crippen molar-refractivity contribution >= 4 is 20.9 Å². The molecule has 50 heavy (non-hydrogen) atoms. The molecule has 3 nitrogen and oxygen atoms in total. The zero-order valence-corrected chi connectivity index (χ0v) is 33.9. The average molecular weight is 713 g/mol. The van der Waals surface area contributed by atoms with Crippen molar-refractivity contribution in [1.29, 1.82) is 0 Å². The van der Waals surface area contributed by atoms with Crippen LogP contribution in [0.25, 0.3) is 10.8 Å². The molecule has 2 aromatic carbocycles. The SMILES string of the molecule is CCCCCCCCCCCCCCCCCCc1ccc2c(S(=O)(=O)O)ccc(CCCCCCCCCCCCCCCCCC)c2c1. The fourth-order valence-electron chi connectivity index (χ4n) is 7.77. The lowest BCUT2D eigenvalue weighted by Gasteiger charge is -2.12.